The fourth-order valence-corrected chi connectivity index (χ4v) is 10.6. The van der Waals surface area contributed by atoms with E-state index < -0.39 is 11.6 Å². The highest BCUT2D eigenvalue weighted by Crippen LogP contribution is 2.50. The topological polar surface area (TPSA) is 82.2 Å². The van der Waals surface area contributed by atoms with E-state index in [2.05, 4.69) is 53.4 Å². The highest BCUT2D eigenvalue weighted by Gasteiger charge is 2.27. The van der Waals surface area contributed by atoms with Crippen LogP contribution in [0.5, 0.6) is 0 Å². The summed E-state index contributed by atoms with van der Waals surface area (Å²) in [4.78, 5) is 7.52. The van der Waals surface area contributed by atoms with E-state index in [1.165, 1.54) is 12.1 Å². The molecule has 0 aliphatic rings. The predicted molar refractivity (Wildman–Crippen MR) is 302 cm³/mol. The van der Waals surface area contributed by atoms with Crippen molar-refractivity contribution in [2.45, 2.75) is 0 Å². The fourth-order valence-electron chi connectivity index (χ4n) is 10.6. The summed E-state index contributed by atoms with van der Waals surface area (Å²) in [7, 11) is 0. The van der Waals surface area contributed by atoms with E-state index in [0.29, 0.717) is 89.6 Å². The van der Waals surface area contributed by atoms with Crippen LogP contribution in [0.1, 0.15) is 16.7 Å². The molecule has 0 aliphatic carbocycles. The smallest absolute Gasteiger partial charge is 0.187 e. The molecule has 0 N–H and O–H groups in total. The van der Waals surface area contributed by atoms with Gasteiger partial charge in [0, 0.05) is 22.1 Å². The van der Waals surface area contributed by atoms with Crippen LogP contribution in [0, 0.1) is 52.2 Å². The zero-order chi connectivity index (χ0) is 51.9. The lowest BCUT2D eigenvalue weighted by Crippen LogP contribution is -2.13. The third kappa shape index (κ3) is 8.12. The first kappa shape index (κ1) is 46.2. The average molecular weight is 977 g/mol. The lowest BCUT2D eigenvalue weighted by molar-refractivity contribution is 0.629. The van der Waals surface area contributed by atoms with Gasteiger partial charge in [-0.25, -0.2) is 13.6 Å². The Labute approximate surface area is 437 Å². The Balaban J connectivity index is 1.09. The molecule has 354 valence electrons. The van der Waals surface area contributed by atoms with Crippen molar-refractivity contribution < 1.29 is 8.78 Å². The number of rotatable bonds is 10. The second kappa shape index (κ2) is 19.3. The highest BCUT2D eigenvalue weighted by molar-refractivity contribution is 6.28. The van der Waals surface area contributed by atoms with E-state index >= 15 is 8.78 Å². The number of hydrogen-bond acceptors (Lipinski definition) is 5. The third-order valence-electron chi connectivity index (χ3n) is 14.0. The molecule has 0 fully saturated rings. The molecule has 0 radical (unpaired) electrons. The molecule has 0 heterocycles. The van der Waals surface area contributed by atoms with Crippen molar-refractivity contribution in [2.24, 2.45) is 0 Å². The Morgan fingerprint density at radius 1 is 0.355 bits per heavy atom. The molecule has 6 nitrogen and oxygen atoms in total. The summed E-state index contributed by atoms with van der Waals surface area (Å²) < 4.78 is 35.2. The van der Waals surface area contributed by atoms with E-state index in [1.807, 2.05) is 137 Å². The predicted octanol–water partition coefficient (Wildman–Crippen LogP) is 18.6. The summed E-state index contributed by atoms with van der Waals surface area (Å²) >= 11 is 0. The number of anilines is 6. The Hall–Kier alpha value is -10.9. The number of hydrogen-bond donors (Lipinski definition) is 0. The van der Waals surface area contributed by atoms with Gasteiger partial charge in [0.25, 0.3) is 0 Å². The summed E-state index contributed by atoms with van der Waals surface area (Å²) in [5.74, 6) is -0.998. The molecule has 12 aromatic carbocycles. The molecule has 8 heteroatoms. The van der Waals surface area contributed by atoms with Crippen molar-refractivity contribution >= 4 is 72.1 Å². The number of para-hydroxylation sites is 2. The molecule has 0 amide bonds. The molecule has 0 bridgehead atoms. The largest absolute Gasteiger partial charge is 0.307 e. The van der Waals surface area contributed by atoms with Gasteiger partial charge in [-0.05, 0) is 169 Å². The SMILES string of the molecule is [C-]#[N+]c1cccc(-c2cc(F)c(N(c3ccccc3)c3ccc4ccc5c(N(c6ccccc6)c6cc(-c7cccc(C#N)c7)c(-c7cccc(C#N)c7)cc6F)ccc6ccc3c4c65)cc2-c2cccc(C#N)c2)c1. The molecule has 0 spiro atoms. The van der Waals surface area contributed by atoms with E-state index in [9.17, 15) is 15.8 Å². The standard InChI is InChI=1S/C68H38F2N6/c1-74-52-19-11-18-51(35-52)58-37-62(70)66(39-60(58)50-17-10-14-45(34-50)42-73)76(54-22-6-3-7-23-54)64-31-27-47-24-28-55-63(30-26-46-25-29-56(64)68(47)67(46)55)75(53-20-4-2-5-21-53)65-38-59(49-16-9-13-44(33-49)41-72)57(36-61(65)69)48-15-8-12-43(32-48)40-71/h2-39H. The molecule has 12 aromatic rings. The van der Waals surface area contributed by atoms with Crippen LogP contribution in [0.3, 0.4) is 0 Å². The Kier molecular flexibility index (Phi) is 11.7. The van der Waals surface area contributed by atoms with Crippen LogP contribution in [-0.4, -0.2) is 0 Å². The number of nitrogens with zero attached hydrogens (tertiary/aromatic N) is 6. The molecule has 12 rings (SSSR count). The van der Waals surface area contributed by atoms with Crippen LogP contribution in [0.15, 0.2) is 231 Å². The van der Waals surface area contributed by atoms with E-state index in [4.69, 9.17) is 6.57 Å². The van der Waals surface area contributed by atoms with Gasteiger partial charge in [-0.3, -0.25) is 0 Å². The summed E-state index contributed by atoms with van der Waals surface area (Å²) in [6, 6.07) is 77.8. The molecular weight excluding hydrogens is 939 g/mol. The fraction of sp³-hybridized carbons (Fsp3) is 0. The summed E-state index contributed by atoms with van der Waals surface area (Å²) in [6.07, 6.45) is 0. The zero-order valence-corrected chi connectivity index (χ0v) is 40.4. The number of nitriles is 3. The highest BCUT2D eigenvalue weighted by atomic mass is 19.1. The van der Waals surface area contributed by atoms with Gasteiger partial charge < -0.3 is 9.80 Å². The van der Waals surface area contributed by atoms with Gasteiger partial charge in [0.15, 0.2) is 5.69 Å². The van der Waals surface area contributed by atoms with E-state index in [-0.39, 0.29) is 11.4 Å². The minimum Gasteiger partial charge on any atom is -0.307 e. The molecule has 0 unspecified atom stereocenters. The van der Waals surface area contributed by atoms with Crippen LogP contribution in [0.25, 0.3) is 81.7 Å². The molecule has 0 saturated heterocycles. The average Bonchev–Trinajstić information content (AvgIpc) is 3.53. The van der Waals surface area contributed by atoms with E-state index in [1.54, 1.807) is 60.7 Å². The van der Waals surface area contributed by atoms with Gasteiger partial charge >= 0.3 is 0 Å². The van der Waals surface area contributed by atoms with Crippen molar-refractivity contribution in [1.29, 1.82) is 15.8 Å². The van der Waals surface area contributed by atoms with Crippen LogP contribution in [-0.2, 0) is 0 Å². The van der Waals surface area contributed by atoms with Gasteiger partial charge in [0.05, 0.1) is 64.2 Å². The Morgan fingerprint density at radius 2 is 0.724 bits per heavy atom. The molecule has 0 atom stereocenters. The van der Waals surface area contributed by atoms with Crippen LogP contribution in [0.4, 0.5) is 48.6 Å². The van der Waals surface area contributed by atoms with Crippen molar-refractivity contribution in [3.05, 3.63) is 270 Å². The summed E-state index contributed by atoms with van der Waals surface area (Å²) in [5.41, 5.74) is 10.4. The Morgan fingerprint density at radius 3 is 1.12 bits per heavy atom. The van der Waals surface area contributed by atoms with Gasteiger partial charge in [0.2, 0.25) is 0 Å². The van der Waals surface area contributed by atoms with Gasteiger partial charge in [0.1, 0.15) is 11.6 Å². The first-order valence-corrected chi connectivity index (χ1v) is 24.4. The summed E-state index contributed by atoms with van der Waals surface area (Å²) in [6.45, 7) is 7.73. The summed E-state index contributed by atoms with van der Waals surface area (Å²) in [5, 5.41) is 35.3. The first-order chi connectivity index (χ1) is 37.3. The normalized spacial score (nSPS) is 11.0. The quantitative estimate of drug-likeness (QED) is 0.101. The zero-order valence-electron chi connectivity index (χ0n) is 40.4. The van der Waals surface area contributed by atoms with Crippen molar-refractivity contribution in [1.82, 2.24) is 0 Å². The molecule has 76 heavy (non-hydrogen) atoms. The molecular formula is C68H38F2N6. The molecule has 0 saturated carbocycles. The minimum absolute atomic E-state index is 0.269. The Bertz CT molecular complexity index is 4160. The maximum Gasteiger partial charge on any atom is 0.187 e. The minimum atomic E-state index is -0.501. The second-order valence-corrected chi connectivity index (χ2v) is 18.4. The van der Waals surface area contributed by atoms with Crippen LogP contribution in [0.2, 0.25) is 0 Å². The number of halogens is 2. The molecule has 0 aromatic heterocycles. The number of benzene rings is 12. The van der Waals surface area contributed by atoms with Gasteiger partial charge in [-0.1, -0.05) is 127 Å². The molecule has 0 aliphatic heterocycles. The van der Waals surface area contributed by atoms with Crippen LogP contribution >= 0.6 is 0 Å². The van der Waals surface area contributed by atoms with Crippen molar-refractivity contribution in [2.75, 3.05) is 9.80 Å². The second-order valence-electron chi connectivity index (χ2n) is 18.4. The lowest BCUT2D eigenvalue weighted by atomic mass is 9.90. The van der Waals surface area contributed by atoms with Gasteiger partial charge in [-0.15, -0.1) is 0 Å². The van der Waals surface area contributed by atoms with Crippen molar-refractivity contribution in [3.8, 4) is 62.7 Å². The third-order valence-corrected chi connectivity index (χ3v) is 14.0. The van der Waals surface area contributed by atoms with Crippen molar-refractivity contribution in [3.63, 3.8) is 0 Å². The monoisotopic (exact) mass is 976 g/mol. The van der Waals surface area contributed by atoms with Gasteiger partial charge in [-0.2, -0.15) is 15.8 Å². The maximum absolute atomic E-state index is 17.6. The lowest BCUT2D eigenvalue weighted by Gasteiger charge is -2.30. The maximum atomic E-state index is 17.6. The van der Waals surface area contributed by atoms with Crippen LogP contribution < -0.4 is 9.80 Å². The van der Waals surface area contributed by atoms with E-state index in [0.717, 1.165) is 32.3 Å². The first-order valence-electron chi connectivity index (χ1n) is 24.4.